The van der Waals surface area contributed by atoms with Gasteiger partial charge in [0.1, 0.15) is 0 Å². The van der Waals surface area contributed by atoms with Crippen molar-refractivity contribution in [3.8, 4) is 0 Å². The molecule has 2 N–H and O–H groups in total. The number of carboxylic acids is 1. The molecule has 0 amide bonds. The maximum absolute atomic E-state index is 10.5. The topological polar surface area (TPSA) is 49.3 Å². The molecule has 0 saturated heterocycles. The number of carboxylic acid groups (broad SMARTS) is 1. The van der Waals surface area contributed by atoms with Gasteiger partial charge in [0.2, 0.25) is 0 Å². The number of carbonyl (C=O) groups is 1. The molecule has 1 aromatic carbocycles. The molecule has 1 unspecified atom stereocenters. The van der Waals surface area contributed by atoms with E-state index in [0.717, 1.165) is 18.7 Å². The van der Waals surface area contributed by atoms with Gasteiger partial charge in [-0.3, -0.25) is 4.79 Å². The van der Waals surface area contributed by atoms with E-state index in [-0.39, 0.29) is 6.42 Å². The molecular formula is C13H19NO2S. The first-order chi connectivity index (χ1) is 8.11. The predicted octanol–water partition coefficient (Wildman–Crippen LogP) is 2.15. The van der Waals surface area contributed by atoms with E-state index in [1.165, 1.54) is 5.56 Å². The summed E-state index contributed by atoms with van der Waals surface area (Å²) in [7, 11) is 0. The van der Waals surface area contributed by atoms with Crippen molar-refractivity contribution < 1.29 is 9.90 Å². The van der Waals surface area contributed by atoms with Crippen molar-refractivity contribution in [3.63, 3.8) is 0 Å². The molecule has 1 aromatic rings. The summed E-state index contributed by atoms with van der Waals surface area (Å²) in [5, 5.41) is 12.6. The van der Waals surface area contributed by atoms with Crippen LogP contribution in [0.25, 0.3) is 0 Å². The number of hydrogen-bond donors (Lipinski definition) is 2. The highest BCUT2D eigenvalue weighted by Gasteiger charge is 2.01. The molecule has 0 aliphatic heterocycles. The van der Waals surface area contributed by atoms with E-state index in [9.17, 15) is 4.79 Å². The van der Waals surface area contributed by atoms with E-state index < -0.39 is 5.97 Å². The Morgan fingerprint density at radius 3 is 2.47 bits per heavy atom. The Morgan fingerprint density at radius 2 is 1.94 bits per heavy atom. The highest BCUT2D eigenvalue weighted by molar-refractivity contribution is 7.99. The van der Waals surface area contributed by atoms with Crippen molar-refractivity contribution in [2.24, 2.45) is 0 Å². The maximum Gasteiger partial charge on any atom is 0.307 e. The van der Waals surface area contributed by atoms with Gasteiger partial charge in [0.05, 0.1) is 6.42 Å². The van der Waals surface area contributed by atoms with E-state index in [4.69, 9.17) is 5.11 Å². The fourth-order valence-corrected chi connectivity index (χ4v) is 1.74. The van der Waals surface area contributed by atoms with Crippen LogP contribution in [-0.4, -0.2) is 29.1 Å². The Hall–Kier alpha value is -1.00. The van der Waals surface area contributed by atoms with Crippen molar-refractivity contribution in [2.45, 2.75) is 25.1 Å². The molecule has 0 spiro atoms. The Kier molecular flexibility index (Phi) is 6.08. The third-order valence-electron chi connectivity index (χ3n) is 2.54. The summed E-state index contributed by atoms with van der Waals surface area (Å²) in [5.74, 6) is -0.787. The lowest BCUT2D eigenvalue weighted by atomic mass is 10.1. The Bertz CT molecular complexity index is 351. The molecule has 1 rings (SSSR count). The number of aliphatic carboxylic acids is 1. The van der Waals surface area contributed by atoms with E-state index in [1.807, 2.05) is 36.0 Å². The fraction of sp³-hybridized carbons (Fsp3) is 0.462. The first-order valence-electron chi connectivity index (χ1n) is 5.65. The van der Waals surface area contributed by atoms with Crippen LogP contribution in [0, 0.1) is 0 Å². The van der Waals surface area contributed by atoms with Gasteiger partial charge in [-0.25, -0.2) is 0 Å². The Labute approximate surface area is 107 Å². The lowest BCUT2D eigenvalue weighted by Gasteiger charge is -2.09. The summed E-state index contributed by atoms with van der Waals surface area (Å²) in [4.78, 5) is 10.5. The SMILES string of the molecule is CSC(C)CNCc1ccc(CC(=O)O)cc1. The number of hydrogen-bond acceptors (Lipinski definition) is 3. The Morgan fingerprint density at radius 1 is 1.35 bits per heavy atom. The number of nitrogens with one attached hydrogen (secondary N) is 1. The minimum Gasteiger partial charge on any atom is -0.481 e. The molecule has 0 aromatic heterocycles. The zero-order valence-corrected chi connectivity index (χ0v) is 11.1. The molecular weight excluding hydrogens is 234 g/mol. The third kappa shape index (κ3) is 5.75. The van der Waals surface area contributed by atoms with Gasteiger partial charge in [0.25, 0.3) is 0 Å². The summed E-state index contributed by atoms with van der Waals surface area (Å²) in [6.07, 6.45) is 2.20. The van der Waals surface area contributed by atoms with Gasteiger partial charge in [0, 0.05) is 18.3 Å². The third-order valence-corrected chi connectivity index (χ3v) is 3.51. The molecule has 0 aliphatic rings. The minimum absolute atomic E-state index is 0.0945. The van der Waals surface area contributed by atoms with Crippen molar-refractivity contribution in [1.82, 2.24) is 5.32 Å². The predicted molar refractivity (Wildman–Crippen MR) is 72.5 cm³/mol. The highest BCUT2D eigenvalue weighted by atomic mass is 32.2. The molecule has 3 nitrogen and oxygen atoms in total. The normalized spacial score (nSPS) is 12.4. The molecule has 0 aliphatic carbocycles. The number of rotatable bonds is 7. The average molecular weight is 253 g/mol. The highest BCUT2D eigenvalue weighted by Crippen LogP contribution is 2.06. The standard InChI is InChI=1S/C13H19NO2S/c1-10(17-2)8-14-9-12-5-3-11(4-6-12)7-13(15)16/h3-6,10,14H,7-9H2,1-2H3,(H,15,16). The van der Waals surface area contributed by atoms with E-state index in [2.05, 4.69) is 18.5 Å². The fourth-order valence-electron chi connectivity index (χ4n) is 1.45. The number of benzene rings is 1. The number of thioether (sulfide) groups is 1. The second-order valence-electron chi connectivity index (χ2n) is 4.06. The first-order valence-corrected chi connectivity index (χ1v) is 6.93. The van der Waals surface area contributed by atoms with Crippen molar-refractivity contribution in [3.05, 3.63) is 35.4 Å². The molecule has 1 atom stereocenters. The van der Waals surface area contributed by atoms with E-state index >= 15 is 0 Å². The van der Waals surface area contributed by atoms with Gasteiger partial charge in [-0.05, 0) is 17.4 Å². The van der Waals surface area contributed by atoms with Crippen LogP contribution in [-0.2, 0) is 17.8 Å². The van der Waals surface area contributed by atoms with E-state index in [0.29, 0.717) is 5.25 Å². The van der Waals surface area contributed by atoms with Crippen molar-refractivity contribution in [2.75, 3.05) is 12.8 Å². The second kappa shape index (κ2) is 7.35. The summed E-state index contributed by atoms with van der Waals surface area (Å²) >= 11 is 1.84. The van der Waals surface area contributed by atoms with Crippen molar-refractivity contribution in [1.29, 1.82) is 0 Å². The van der Waals surface area contributed by atoms with Gasteiger partial charge < -0.3 is 10.4 Å². The largest absolute Gasteiger partial charge is 0.481 e. The van der Waals surface area contributed by atoms with Crippen LogP contribution in [0.4, 0.5) is 0 Å². The first kappa shape index (κ1) is 14.1. The molecule has 94 valence electrons. The smallest absolute Gasteiger partial charge is 0.307 e. The molecule has 0 radical (unpaired) electrons. The maximum atomic E-state index is 10.5. The van der Waals surface area contributed by atoms with Gasteiger partial charge >= 0.3 is 5.97 Å². The van der Waals surface area contributed by atoms with Crippen LogP contribution in [0.15, 0.2) is 24.3 Å². The van der Waals surface area contributed by atoms with Gasteiger partial charge in [-0.15, -0.1) is 0 Å². The monoisotopic (exact) mass is 253 g/mol. The summed E-state index contributed by atoms with van der Waals surface area (Å²) < 4.78 is 0. The van der Waals surface area contributed by atoms with Gasteiger partial charge in [0.15, 0.2) is 0 Å². The molecule has 0 saturated carbocycles. The van der Waals surface area contributed by atoms with Crippen LogP contribution in [0.2, 0.25) is 0 Å². The zero-order valence-electron chi connectivity index (χ0n) is 10.3. The van der Waals surface area contributed by atoms with Crippen molar-refractivity contribution >= 4 is 17.7 Å². The van der Waals surface area contributed by atoms with Crippen LogP contribution in [0.5, 0.6) is 0 Å². The molecule has 0 fully saturated rings. The summed E-state index contributed by atoms with van der Waals surface area (Å²) in [6, 6.07) is 7.72. The van der Waals surface area contributed by atoms with E-state index in [1.54, 1.807) is 0 Å². The minimum atomic E-state index is -0.787. The zero-order chi connectivity index (χ0) is 12.7. The van der Waals surface area contributed by atoms with Gasteiger partial charge in [-0.1, -0.05) is 31.2 Å². The molecule has 4 heteroatoms. The second-order valence-corrected chi connectivity index (χ2v) is 5.34. The van der Waals surface area contributed by atoms with Crippen LogP contribution < -0.4 is 5.32 Å². The van der Waals surface area contributed by atoms with Gasteiger partial charge in [-0.2, -0.15) is 11.8 Å². The van der Waals surface area contributed by atoms with Crippen LogP contribution in [0.3, 0.4) is 0 Å². The summed E-state index contributed by atoms with van der Waals surface area (Å²) in [5.41, 5.74) is 2.03. The van der Waals surface area contributed by atoms with Crippen LogP contribution in [0.1, 0.15) is 18.1 Å². The Balaban J connectivity index is 2.37. The molecule has 17 heavy (non-hydrogen) atoms. The quantitative estimate of drug-likeness (QED) is 0.782. The summed E-state index contributed by atoms with van der Waals surface area (Å²) in [6.45, 7) is 4.00. The average Bonchev–Trinajstić information content (AvgIpc) is 2.30. The molecule has 0 bridgehead atoms. The lowest BCUT2D eigenvalue weighted by Crippen LogP contribution is -2.21. The molecule has 0 heterocycles. The lowest BCUT2D eigenvalue weighted by molar-refractivity contribution is -0.136. The van der Waals surface area contributed by atoms with Crippen LogP contribution >= 0.6 is 11.8 Å².